The minimum atomic E-state index is 0.235. The summed E-state index contributed by atoms with van der Waals surface area (Å²) in [7, 11) is 1.71. The summed E-state index contributed by atoms with van der Waals surface area (Å²) in [5, 5.41) is 3.51. The highest BCUT2D eigenvalue weighted by Gasteiger charge is 2.30. The van der Waals surface area contributed by atoms with Crippen LogP contribution in [0, 0.1) is 0 Å². The maximum atomic E-state index is 5.34. The van der Waals surface area contributed by atoms with E-state index in [0.29, 0.717) is 0 Å². The van der Waals surface area contributed by atoms with Crippen LogP contribution in [0.4, 0.5) is 5.69 Å². The fraction of sp³-hybridized carbons (Fsp3) is 0.143. The van der Waals surface area contributed by atoms with Crippen LogP contribution in [0.15, 0.2) is 63.9 Å². The van der Waals surface area contributed by atoms with Crippen molar-refractivity contribution in [3.05, 3.63) is 63.9 Å². The van der Waals surface area contributed by atoms with Crippen molar-refractivity contribution in [2.24, 2.45) is 0 Å². The Morgan fingerprint density at radius 1 is 1.29 bits per heavy atom. The summed E-state index contributed by atoms with van der Waals surface area (Å²) in [5.41, 5.74) is 3.58. The molecule has 0 saturated heterocycles. The van der Waals surface area contributed by atoms with Crippen LogP contribution < -0.4 is 5.32 Å². The van der Waals surface area contributed by atoms with Gasteiger partial charge < -0.3 is 10.1 Å². The quantitative estimate of drug-likeness (QED) is 0.917. The molecule has 0 spiro atoms. The highest BCUT2D eigenvalue weighted by Crippen LogP contribution is 2.36. The number of methoxy groups -OCH3 is 1. The van der Waals surface area contributed by atoms with Crippen LogP contribution in [0.25, 0.3) is 0 Å². The highest BCUT2D eigenvalue weighted by atomic mass is 79.9. The number of fused-ring (bicyclic) bond motifs is 2. The molecular weight excluding hydrogens is 278 g/mol. The third-order valence-corrected chi connectivity index (χ3v) is 3.53. The Kier molecular flexibility index (Phi) is 2.56. The van der Waals surface area contributed by atoms with E-state index < -0.39 is 0 Å². The summed E-state index contributed by atoms with van der Waals surface area (Å²) in [6, 6.07) is 8.42. The first kappa shape index (κ1) is 10.7. The Bertz CT molecular complexity index is 557. The van der Waals surface area contributed by atoms with Crippen LogP contribution in [0.3, 0.4) is 0 Å². The molecule has 0 fully saturated rings. The van der Waals surface area contributed by atoms with E-state index in [1.807, 2.05) is 12.1 Å². The zero-order valence-electron chi connectivity index (χ0n) is 9.41. The lowest BCUT2D eigenvalue weighted by molar-refractivity contribution is 0.304. The van der Waals surface area contributed by atoms with Crippen molar-refractivity contribution in [2.45, 2.75) is 6.04 Å². The second-order valence-corrected chi connectivity index (χ2v) is 5.00. The molecule has 0 radical (unpaired) electrons. The van der Waals surface area contributed by atoms with E-state index in [0.717, 1.165) is 15.9 Å². The van der Waals surface area contributed by atoms with Gasteiger partial charge in [0.05, 0.1) is 13.2 Å². The molecule has 0 heterocycles. The van der Waals surface area contributed by atoms with E-state index in [2.05, 4.69) is 51.6 Å². The lowest BCUT2D eigenvalue weighted by Crippen LogP contribution is -2.17. The van der Waals surface area contributed by atoms with Crippen LogP contribution in [-0.2, 0) is 4.74 Å². The van der Waals surface area contributed by atoms with Gasteiger partial charge in [-0.15, -0.1) is 0 Å². The lowest BCUT2D eigenvalue weighted by Gasteiger charge is -2.15. The van der Waals surface area contributed by atoms with Crippen molar-refractivity contribution >= 4 is 21.6 Å². The molecule has 1 aromatic carbocycles. The molecule has 86 valence electrons. The Morgan fingerprint density at radius 2 is 2.18 bits per heavy atom. The Labute approximate surface area is 109 Å². The summed E-state index contributed by atoms with van der Waals surface area (Å²) < 4.78 is 6.42. The molecule has 2 aliphatic carbocycles. The van der Waals surface area contributed by atoms with E-state index >= 15 is 0 Å². The molecule has 3 rings (SSSR count). The monoisotopic (exact) mass is 289 g/mol. The van der Waals surface area contributed by atoms with Crippen LogP contribution in [0.1, 0.15) is 0 Å². The van der Waals surface area contributed by atoms with Gasteiger partial charge in [-0.1, -0.05) is 34.1 Å². The summed E-state index contributed by atoms with van der Waals surface area (Å²) in [5.74, 6) is 0.968. The van der Waals surface area contributed by atoms with E-state index in [9.17, 15) is 0 Å². The minimum absolute atomic E-state index is 0.235. The molecular formula is C14H12BrNO. The molecule has 2 nitrogen and oxygen atoms in total. The predicted octanol–water partition coefficient (Wildman–Crippen LogP) is 3.64. The van der Waals surface area contributed by atoms with Crippen molar-refractivity contribution in [1.82, 2.24) is 0 Å². The number of allylic oxidation sites excluding steroid dienone is 1. The number of anilines is 1. The number of halogens is 1. The standard InChI is InChI=1S/C14H12BrNO/c1-17-13-7-9-5-6-12(13)14(9)16-11-4-2-3-10(15)8-11/h2-8,14,16H,1H3. The van der Waals surface area contributed by atoms with Crippen molar-refractivity contribution in [1.29, 1.82) is 0 Å². The fourth-order valence-electron chi connectivity index (χ4n) is 2.23. The molecule has 0 amide bonds. The molecule has 0 aliphatic heterocycles. The third kappa shape index (κ3) is 1.80. The van der Waals surface area contributed by atoms with Gasteiger partial charge in [-0.2, -0.15) is 0 Å². The average molecular weight is 290 g/mol. The Morgan fingerprint density at radius 3 is 2.88 bits per heavy atom. The van der Waals surface area contributed by atoms with Gasteiger partial charge in [0.2, 0.25) is 0 Å². The van der Waals surface area contributed by atoms with Gasteiger partial charge in [0.25, 0.3) is 0 Å². The van der Waals surface area contributed by atoms with E-state index in [4.69, 9.17) is 4.74 Å². The molecule has 0 saturated carbocycles. The van der Waals surface area contributed by atoms with Crippen LogP contribution in [0.2, 0.25) is 0 Å². The van der Waals surface area contributed by atoms with Gasteiger partial charge in [0.15, 0.2) is 0 Å². The van der Waals surface area contributed by atoms with Gasteiger partial charge in [-0.3, -0.25) is 0 Å². The topological polar surface area (TPSA) is 21.3 Å². The second-order valence-electron chi connectivity index (χ2n) is 4.09. The molecule has 0 aromatic heterocycles. The van der Waals surface area contributed by atoms with Crippen LogP contribution in [0.5, 0.6) is 0 Å². The Balaban J connectivity index is 1.86. The van der Waals surface area contributed by atoms with Crippen molar-refractivity contribution < 1.29 is 4.74 Å². The van der Waals surface area contributed by atoms with Gasteiger partial charge in [-0.05, 0) is 29.8 Å². The maximum absolute atomic E-state index is 5.34. The summed E-state index contributed by atoms with van der Waals surface area (Å²) in [4.78, 5) is 0. The number of hydrogen-bond acceptors (Lipinski definition) is 2. The van der Waals surface area contributed by atoms with E-state index in [1.165, 1.54) is 11.1 Å². The minimum Gasteiger partial charge on any atom is -0.496 e. The van der Waals surface area contributed by atoms with Gasteiger partial charge in [0.1, 0.15) is 5.76 Å². The second kappa shape index (κ2) is 4.08. The number of ether oxygens (including phenoxy) is 1. The lowest BCUT2D eigenvalue weighted by atomic mass is 10.1. The number of benzene rings is 1. The third-order valence-electron chi connectivity index (χ3n) is 3.04. The van der Waals surface area contributed by atoms with Gasteiger partial charge in [-0.25, -0.2) is 0 Å². The largest absolute Gasteiger partial charge is 0.496 e. The first-order chi connectivity index (χ1) is 8.28. The molecule has 1 aromatic rings. The first-order valence-electron chi connectivity index (χ1n) is 5.48. The normalized spacial score (nSPS) is 20.8. The molecule has 1 atom stereocenters. The number of nitrogens with one attached hydrogen (secondary N) is 1. The molecule has 3 heteroatoms. The number of hydrogen-bond donors (Lipinski definition) is 1. The SMILES string of the molecule is COC1=C2C=CC(=C1)C2Nc1cccc(Br)c1. The average Bonchev–Trinajstić information content (AvgIpc) is 2.86. The molecule has 17 heavy (non-hydrogen) atoms. The predicted molar refractivity (Wildman–Crippen MR) is 72.8 cm³/mol. The zero-order valence-corrected chi connectivity index (χ0v) is 11.0. The summed E-state index contributed by atoms with van der Waals surface area (Å²) >= 11 is 3.48. The first-order valence-corrected chi connectivity index (χ1v) is 6.27. The highest BCUT2D eigenvalue weighted by molar-refractivity contribution is 9.10. The van der Waals surface area contributed by atoms with Crippen LogP contribution >= 0.6 is 15.9 Å². The van der Waals surface area contributed by atoms with Crippen molar-refractivity contribution in [3.8, 4) is 0 Å². The maximum Gasteiger partial charge on any atom is 0.124 e. The van der Waals surface area contributed by atoms with E-state index in [-0.39, 0.29) is 6.04 Å². The molecule has 2 aliphatic rings. The van der Waals surface area contributed by atoms with E-state index in [1.54, 1.807) is 7.11 Å². The molecule has 2 bridgehead atoms. The Hall–Kier alpha value is -1.48. The van der Waals surface area contributed by atoms with Crippen LogP contribution in [-0.4, -0.2) is 13.2 Å². The molecule has 1 unspecified atom stereocenters. The summed E-state index contributed by atoms with van der Waals surface area (Å²) in [6.07, 6.45) is 6.34. The summed E-state index contributed by atoms with van der Waals surface area (Å²) in [6.45, 7) is 0. The van der Waals surface area contributed by atoms with Crippen molar-refractivity contribution in [2.75, 3.05) is 12.4 Å². The fourth-order valence-corrected chi connectivity index (χ4v) is 2.63. The molecule has 1 N–H and O–H groups in total. The van der Waals surface area contributed by atoms with Gasteiger partial charge >= 0.3 is 0 Å². The zero-order chi connectivity index (χ0) is 11.8. The smallest absolute Gasteiger partial charge is 0.124 e. The van der Waals surface area contributed by atoms with Gasteiger partial charge in [0, 0.05) is 15.7 Å². The number of rotatable bonds is 3. The van der Waals surface area contributed by atoms with Crippen molar-refractivity contribution in [3.63, 3.8) is 0 Å².